The molecule has 0 spiro atoms. The van der Waals surface area contributed by atoms with E-state index in [2.05, 4.69) is 10.0 Å². The highest BCUT2D eigenvalue weighted by Crippen LogP contribution is 2.29. The van der Waals surface area contributed by atoms with E-state index in [0.29, 0.717) is 12.1 Å². The van der Waals surface area contributed by atoms with Crippen LogP contribution >= 0.6 is 11.8 Å². The van der Waals surface area contributed by atoms with E-state index < -0.39 is 15.6 Å². The van der Waals surface area contributed by atoms with Gasteiger partial charge in [-0.05, 0) is 44.7 Å². The second-order valence-electron chi connectivity index (χ2n) is 6.35. The Kier molecular flexibility index (Phi) is 6.68. The van der Waals surface area contributed by atoms with Crippen LogP contribution in [-0.4, -0.2) is 26.1 Å². The van der Waals surface area contributed by atoms with Gasteiger partial charge in [0.05, 0.1) is 10.6 Å². The fourth-order valence-electron chi connectivity index (χ4n) is 1.72. The van der Waals surface area contributed by atoms with Crippen LogP contribution in [0.3, 0.4) is 0 Å². The van der Waals surface area contributed by atoms with Crippen LogP contribution in [0.25, 0.3) is 0 Å². The van der Waals surface area contributed by atoms with Crippen LogP contribution in [0.2, 0.25) is 0 Å². The van der Waals surface area contributed by atoms with E-state index in [1.54, 1.807) is 26.0 Å². The Bertz CT molecular complexity index is 668. The number of amides is 1. The zero-order chi connectivity index (χ0) is 17.8. The van der Waals surface area contributed by atoms with Crippen LogP contribution in [0, 0.1) is 5.92 Å². The Balaban J connectivity index is 3.22. The van der Waals surface area contributed by atoms with Gasteiger partial charge in [0.1, 0.15) is 0 Å². The van der Waals surface area contributed by atoms with Crippen molar-refractivity contribution in [1.29, 1.82) is 0 Å². The van der Waals surface area contributed by atoms with E-state index in [1.807, 2.05) is 27.0 Å². The molecule has 5 nitrogen and oxygen atoms in total. The SMILES string of the molecule is CCC(C)(C)NS(=O)(=O)c1ccc(SC)c(NC(=O)C(C)C)c1. The summed E-state index contributed by atoms with van der Waals surface area (Å²) in [5, 5.41) is 2.80. The Morgan fingerprint density at radius 1 is 1.30 bits per heavy atom. The molecule has 0 aliphatic heterocycles. The summed E-state index contributed by atoms with van der Waals surface area (Å²) in [7, 11) is -3.64. The zero-order valence-corrected chi connectivity index (χ0v) is 16.2. The quantitative estimate of drug-likeness (QED) is 0.732. The van der Waals surface area contributed by atoms with Crippen molar-refractivity contribution in [1.82, 2.24) is 4.72 Å². The fraction of sp³-hybridized carbons (Fsp3) is 0.562. The Morgan fingerprint density at radius 2 is 1.91 bits per heavy atom. The molecule has 0 radical (unpaired) electrons. The summed E-state index contributed by atoms with van der Waals surface area (Å²) >= 11 is 1.46. The molecule has 23 heavy (non-hydrogen) atoms. The van der Waals surface area contributed by atoms with Gasteiger partial charge in [0.15, 0.2) is 0 Å². The maximum atomic E-state index is 12.5. The average molecular weight is 359 g/mol. The molecule has 0 aliphatic carbocycles. The third kappa shape index (κ3) is 5.51. The van der Waals surface area contributed by atoms with Gasteiger partial charge in [-0.25, -0.2) is 13.1 Å². The lowest BCUT2D eigenvalue weighted by Gasteiger charge is -2.24. The maximum Gasteiger partial charge on any atom is 0.241 e. The van der Waals surface area contributed by atoms with Crippen molar-refractivity contribution in [2.75, 3.05) is 11.6 Å². The van der Waals surface area contributed by atoms with E-state index >= 15 is 0 Å². The molecule has 0 bridgehead atoms. The van der Waals surface area contributed by atoms with Crippen molar-refractivity contribution in [3.8, 4) is 0 Å². The number of benzene rings is 1. The van der Waals surface area contributed by atoms with Gasteiger partial charge < -0.3 is 5.32 Å². The van der Waals surface area contributed by atoms with Gasteiger partial charge in [-0.15, -0.1) is 11.8 Å². The average Bonchev–Trinajstić information content (AvgIpc) is 2.46. The summed E-state index contributed by atoms with van der Waals surface area (Å²) in [5.74, 6) is -0.321. The highest BCUT2D eigenvalue weighted by Gasteiger charge is 2.25. The minimum Gasteiger partial charge on any atom is -0.325 e. The molecule has 130 valence electrons. The molecular weight excluding hydrogens is 332 g/mol. The largest absolute Gasteiger partial charge is 0.325 e. The lowest BCUT2D eigenvalue weighted by Crippen LogP contribution is -2.42. The number of carbonyl (C=O) groups excluding carboxylic acids is 1. The van der Waals surface area contributed by atoms with E-state index in [1.165, 1.54) is 17.8 Å². The minimum atomic E-state index is -3.64. The number of hydrogen-bond donors (Lipinski definition) is 2. The van der Waals surface area contributed by atoms with Crippen LogP contribution in [0.4, 0.5) is 5.69 Å². The molecule has 0 saturated carbocycles. The van der Waals surface area contributed by atoms with Crippen LogP contribution in [-0.2, 0) is 14.8 Å². The van der Waals surface area contributed by atoms with Gasteiger partial charge in [-0.3, -0.25) is 4.79 Å². The van der Waals surface area contributed by atoms with Gasteiger partial charge in [-0.1, -0.05) is 20.8 Å². The summed E-state index contributed by atoms with van der Waals surface area (Å²) in [6.45, 7) is 9.18. The van der Waals surface area contributed by atoms with Gasteiger partial charge in [0.2, 0.25) is 15.9 Å². The fourth-order valence-corrected chi connectivity index (χ4v) is 3.77. The molecule has 0 heterocycles. The van der Waals surface area contributed by atoms with Crippen molar-refractivity contribution < 1.29 is 13.2 Å². The van der Waals surface area contributed by atoms with Crippen molar-refractivity contribution in [3.63, 3.8) is 0 Å². The van der Waals surface area contributed by atoms with E-state index in [0.717, 1.165) is 4.90 Å². The first-order valence-electron chi connectivity index (χ1n) is 7.55. The summed E-state index contributed by atoms with van der Waals surface area (Å²) < 4.78 is 27.8. The molecule has 0 saturated heterocycles. The highest BCUT2D eigenvalue weighted by molar-refractivity contribution is 7.98. The molecule has 0 atom stereocenters. The van der Waals surface area contributed by atoms with Crippen LogP contribution in [0.1, 0.15) is 41.0 Å². The Morgan fingerprint density at radius 3 is 2.39 bits per heavy atom. The second-order valence-corrected chi connectivity index (χ2v) is 8.88. The number of carbonyl (C=O) groups is 1. The van der Waals surface area contributed by atoms with Gasteiger partial charge in [0.25, 0.3) is 0 Å². The number of nitrogens with one attached hydrogen (secondary N) is 2. The monoisotopic (exact) mass is 358 g/mol. The lowest BCUT2D eigenvalue weighted by atomic mass is 10.0. The van der Waals surface area contributed by atoms with Gasteiger partial charge >= 0.3 is 0 Å². The maximum absolute atomic E-state index is 12.5. The lowest BCUT2D eigenvalue weighted by molar-refractivity contribution is -0.118. The van der Waals surface area contributed by atoms with Crippen LogP contribution in [0.5, 0.6) is 0 Å². The van der Waals surface area contributed by atoms with Crippen molar-refractivity contribution in [2.45, 2.75) is 56.4 Å². The zero-order valence-electron chi connectivity index (χ0n) is 14.6. The molecule has 7 heteroatoms. The molecule has 0 fully saturated rings. The van der Waals surface area contributed by atoms with Gasteiger partial charge in [-0.2, -0.15) is 0 Å². The third-order valence-corrected chi connectivity index (χ3v) is 6.05. The molecule has 0 aromatic heterocycles. The van der Waals surface area contributed by atoms with Crippen molar-refractivity contribution in [2.24, 2.45) is 5.92 Å². The Labute approximate surface area is 143 Å². The van der Waals surface area contributed by atoms with Crippen molar-refractivity contribution in [3.05, 3.63) is 18.2 Å². The third-order valence-electron chi connectivity index (χ3n) is 3.56. The number of anilines is 1. The van der Waals surface area contributed by atoms with Crippen molar-refractivity contribution >= 4 is 33.4 Å². The van der Waals surface area contributed by atoms with E-state index in [-0.39, 0.29) is 16.7 Å². The van der Waals surface area contributed by atoms with Crippen LogP contribution in [0.15, 0.2) is 28.0 Å². The molecule has 1 amide bonds. The van der Waals surface area contributed by atoms with Crippen LogP contribution < -0.4 is 10.0 Å². The summed E-state index contributed by atoms with van der Waals surface area (Å²) in [4.78, 5) is 12.9. The number of sulfonamides is 1. The first kappa shape index (κ1) is 20.0. The topological polar surface area (TPSA) is 75.3 Å². The number of thioether (sulfide) groups is 1. The minimum absolute atomic E-state index is 0.142. The summed E-state index contributed by atoms with van der Waals surface area (Å²) in [6, 6.07) is 4.79. The van der Waals surface area contributed by atoms with E-state index in [9.17, 15) is 13.2 Å². The predicted molar refractivity (Wildman–Crippen MR) is 96.4 cm³/mol. The molecule has 1 aromatic rings. The first-order valence-corrected chi connectivity index (χ1v) is 10.3. The highest BCUT2D eigenvalue weighted by atomic mass is 32.2. The molecular formula is C16H26N2O3S2. The summed E-state index contributed by atoms with van der Waals surface area (Å²) in [6.07, 6.45) is 2.55. The van der Waals surface area contributed by atoms with E-state index in [4.69, 9.17) is 0 Å². The molecule has 0 aliphatic rings. The van der Waals surface area contributed by atoms with Gasteiger partial charge in [0, 0.05) is 16.4 Å². The summed E-state index contributed by atoms with van der Waals surface area (Å²) in [5.41, 5.74) is -0.00776. The predicted octanol–water partition coefficient (Wildman–Crippen LogP) is 3.47. The molecule has 1 aromatic carbocycles. The second kappa shape index (κ2) is 7.68. The molecule has 2 N–H and O–H groups in total. The Hall–Kier alpha value is -1.05. The first-order chi connectivity index (χ1) is 10.5. The standard InChI is InChI=1S/C16H26N2O3S2/c1-7-16(4,5)18-23(20,21)12-8-9-14(22-6)13(10-12)17-15(19)11(2)3/h8-11,18H,7H2,1-6H3,(H,17,19). The normalized spacial score (nSPS) is 12.5. The molecule has 1 rings (SSSR count). The molecule has 0 unspecified atom stereocenters. The number of hydrogen-bond acceptors (Lipinski definition) is 4. The number of rotatable bonds is 7. The smallest absolute Gasteiger partial charge is 0.241 e.